The Morgan fingerprint density at radius 2 is 1.89 bits per heavy atom. The van der Waals surface area contributed by atoms with Gasteiger partial charge in [0.15, 0.2) is 0 Å². The van der Waals surface area contributed by atoms with Crippen molar-refractivity contribution in [1.82, 2.24) is 14.2 Å². The molecule has 0 radical (unpaired) electrons. The minimum Gasteiger partial charge on any atom is -0.306 e. The second-order valence-electron chi connectivity index (χ2n) is 6.12. The van der Waals surface area contributed by atoms with Gasteiger partial charge in [-0.3, -0.25) is 4.99 Å². The maximum atomic E-state index is 14.3. The summed E-state index contributed by atoms with van der Waals surface area (Å²) < 4.78 is 17.9. The second-order valence-corrected chi connectivity index (χ2v) is 6.96. The zero-order valence-corrected chi connectivity index (χ0v) is 16.3. The molecule has 2 aromatic heterocycles. The van der Waals surface area contributed by atoms with Crippen LogP contribution >= 0.6 is 11.3 Å². The summed E-state index contributed by atoms with van der Waals surface area (Å²) in [4.78, 5) is 9.05. The summed E-state index contributed by atoms with van der Waals surface area (Å²) in [5, 5.41) is 6.61. The van der Waals surface area contributed by atoms with Gasteiger partial charge in [-0.25, -0.2) is 14.1 Å². The van der Waals surface area contributed by atoms with Gasteiger partial charge in [-0.05, 0) is 36.8 Å². The Hall–Kier alpha value is -3.32. The van der Waals surface area contributed by atoms with Gasteiger partial charge in [0.2, 0.25) is 4.80 Å². The molecular weight excluding hydrogens is 373 g/mol. The van der Waals surface area contributed by atoms with E-state index in [0.29, 0.717) is 16.1 Å². The summed E-state index contributed by atoms with van der Waals surface area (Å²) in [6.45, 7) is 1.93. The zero-order chi connectivity index (χ0) is 19.5. The van der Waals surface area contributed by atoms with E-state index in [-0.39, 0.29) is 5.82 Å². The normalized spacial score (nSPS) is 12.5. The molecule has 7 heteroatoms. The van der Waals surface area contributed by atoms with Crippen LogP contribution in [-0.4, -0.2) is 27.0 Å². The number of thiazole rings is 1. The largest absolute Gasteiger partial charge is 0.306 e. The maximum absolute atomic E-state index is 14.3. The van der Waals surface area contributed by atoms with Crippen molar-refractivity contribution in [2.75, 3.05) is 7.05 Å². The molecule has 0 aliphatic carbocycles. The first kappa shape index (κ1) is 18.1. The van der Waals surface area contributed by atoms with Crippen LogP contribution in [0.1, 0.15) is 12.5 Å². The van der Waals surface area contributed by atoms with Crippen molar-refractivity contribution < 1.29 is 4.39 Å². The van der Waals surface area contributed by atoms with Crippen molar-refractivity contribution in [3.05, 3.63) is 88.8 Å². The van der Waals surface area contributed by atoms with E-state index >= 15 is 0 Å². The molecular formula is C21H18FN5S. The Bertz CT molecular complexity index is 1180. The lowest BCUT2D eigenvalue weighted by Crippen LogP contribution is -2.14. The highest BCUT2D eigenvalue weighted by Gasteiger charge is 2.12. The minimum atomic E-state index is -0.283. The van der Waals surface area contributed by atoms with Crippen LogP contribution in [-0.2, 0) is 0 Å². The number of aromatic nitrogens is 3. The molecule has 4 aromatic rings. The number of hydrogen-bond donors (Lipinski definition) is 0. The first-order chi connectivity index (χ1) is 13.7. The Labute approximate surface area is 165 Å². The molecule has 0 aliphatic heterocycles. The molecule has 2 aromatic carbocycles. The fourth-order valence-corrected chi connectivity index (χ4v) is 3.68. The number of nitrogens with zero attached hydrogens (tertiary/aromatic N) is 5. The number of hydrogen-bond acceptors (Lipinski definition) is 4. The summed E-state index contributed by atoms with van der Waals surface area (Å²) in [5.74, 6) is -0.283. The molecule has 0 amide bonds. The third-order valence-corrected chi connectivity index (χ3v) is 5.27. The third kappa shape index (κ3) is 3.44. The highest BCUT2D eigenvalue weighted by molar-refractivity contribution is 7.07. The average Bonchev–Trinajstić information content (AvgIpc) is 3.39. The quantitative estimate of drug-likeness (QED) is 0.477. The molecule has 0 N–H and O–H groups in total. The molecule has 0 aliphatic rings. The smallest absolute Gasteiger partial charge is 0.205 e. The van der Waals surface area contributed by atoms with Gasteiger partial charge in [-0.15, -0.1) is 11.3 Å². The minimum absolute atomic E-state index is 0.283. The van der Waals surface area contributed by atoms with Crippen LogP contribution in [0.15, 0.2) is 82.7 Å². The lowest BCUT2D eigenvalue weighted by molar-refractivity contribution is 0.629. The molecule has 28 heavy (non-hydrogen) atoms. The van der Waals surface area contributed by atoms with Crippen molar-refractivity contribution in [2.45, 2.75) is 6.92 Å². The van der Waals surface area contributed by atoms with E-state index < -0.39 is 0 Å². The van der Waals surface area contributed by atoms with Gasteiger partial charge in [0.05, 0.1) is 17.7 Å². The first-order valence-corrected chi connectivity index (χ1v) is 9.58. The SMILES string of the molecule is CN=c1scc(-c2ccccc2F)n1N=C(C)c1ccc(-n2ccnc2)cc1. The van der Waals surface area contributed by atoms with E-state index in [1.165, 1.54) is 17.4 Å². The highest BCUT2D eigenvalue weighted by atomic mass is 32.1. The van der Waals surface area contributed by atoms with Crippen LogP contribution in [0.25, 0.3) is 16.9 Å². The number of imidazole rings is 1. The van der Waals surface area contributed by atoms with E-state index in [9.17, 15) is 4.39 Å². The molecule has 0 saturated carbocycles. The van der Waals surface area contributed by atoms with E-state index in [1.807, 2.05) is 53.4 Å². The van der Waals surface area contributed by atoms with Gasteiger partial charge in [-0.2, -0.15) is 5.10 Å². The molecule has 0 fully saturated rings. The van der Waals surface area contributed by atoms with Gasteiger partial charge >= 0.3 is 0 Å². The van der Waals surface area contributed by atoms with Crippen LogP contribution in [0.5, 0.6) is 0 Å². The molecule has 5 nitrogen and oxygen atoms in total. The maximum Gasteiger partial charge on any atom is 0.205 e. The van der Waals surface area contributed by atoms with Crippen LogP contribution in [0.2, 0.25) is 0 Å². The molecule has 0 saturated heterocycles. The Kier molecular flexibility index (Phi) is 4.99. The highest BCUT2D eigenvalue weighted by Crippen LogP contribution is 2.23. The fraction of sp³-hybridized carbons (Fsp3) is 0.0952. The summed E-state index contributed by atoms with van der Waals surface area (Å²) >= 11 is 1.43. The summed E-state index contributed by atoms with van der Waals surface area (Å²) in [5.41, 5.74) is 3.99. The molecule has 4 rings (SSSR count). The van der Waals surface area contributed by atoms with Crippen molar-refractivity contribution in [3.63, 3.8) is 0 Å². The van der Waals surface area contributed by atoms with Gasteiger partial charge in [0.1, 0.15) is 5.82 Å². The Morgan fingerprint density at radius 3 is 2.57 bits per heavy atom. The molecule has 0 spiro atoms. The Balaban J connectivity index is 1.74. The predicted molar refractivity (Wildman–Crippen MR) is 110 cm³/mol. The average molecular weight is 391 g/mol. The Morgan fingerprint density at radius 1 is 1.11 bits per heavy atom. The topological polar surface area (TPSA) is 47.5 Å². The van der Waals surface area contributed by atoms with Crippen LogP contribution < -0.4 is 4.80 Å². The van der Waals surface area contributed by atoms with Crippen LogP contribution in [0.4, 0.5) is 4.39 Å². The zero-order valence-electron chi connectivity index (χ0n) is 15.5. The van der Waals surface area contributed by atoms with E-state index in [2.05, 4.69) is 9.98 Å². The van der Waals surface area contributed by atoms with Gasteiger partial charge in [-0.1, -0.05) is 24.3 Å². The van der Waals surface area contributed by atoms with E-state index in [0.717, 1.165) is 17.0 Å². The molecule has 140 valence electrons. The number of benzene rings is 2. The lowest BCUT2D eigenvalue weighted by Gasteiger charge is -2.08. The third-order valence-electron chi connectivity index (χ3n) is 4.36. The fourth-order valence-electron chi connectivity index (χ4n) is 2.90. The monoisotopic (exact) mass is 391 g/mol. The van der Waals surface area contributed by atoms with Crippen LogP contribution in [0, 0.1) is 5.82 Å². The summed E-state index contributed by atoms with van der Waals surface area (Å²) in [6.07, 6.45) is 5.40. The molecule has 2 heterocycles. The molecule has 0 unspecified atom stereocenters. The van der Waals surface area contributed by atoms with Gasteiger partial charge < -0.3 is 4.57 Å². The van der Waals surface area contributed by atoms with Gasteiger partial charge in [0.25, 0.3) is 0 Å². The molecule has 0 bridgehead atoms. The second kappa shape index (κ2) is 7.74. The first-order valence-electron chi connectivity index (χ1n) is 8.70. The number of halogens is 1. The van der Waals surface area contributed by atoms with Crippen molar-refractivity contribution >= 4 is 17.0 Å². The number of rotatable bonds is 4. The predicted octanol–water partition coefficient (Wildman–Crippen LogP) is 4.34. The lowest BCUT2D eigenvalue weighted by atomic mass is 10.1. The van der Waals surface area contributed by atoms with Crippen LogP contribution in [0.3, 0.4) is 0 Å². The molecule has 0 atom stereocenters. The van der Waals surface area contributed by atoms with Gasteiger partial charge in [0, 0.05) is 36.1 Å². The van der Waals surface area contributed by atoms with Crippen molar-refractivity contribution in [1.29, 1.82) is 0 Å². The summed E-state index contributed by atoms with van der Waals surface area (Å²) in [7, 11) is 1.71. The van der Waals surface area contributed by atoms with E-state index in [1.54, 1.807) is 36.4 Å². The standard InChI is InChI=1S/C21H18FN5S/c1-15(16-7-9-17(10-8-16)26-12-11-24-14-26)25-27-20(13-28-21(27)23-2)18-5-3-4-6-19(18)22/h3-14H,1-2H3. The van der Waals surface area contributed by atoms with E-state index in [4.69, 9.17) is 5.10 Å². The summed E-state index contributed by atoms with van der Waals surface area (Å²) in [6, 6.07) is 14.7. The van der Waals surface area contributed by atoms with Crippen molar-refractivity contribution in [3.8, 4) is 16.9 Å². The van der Waals surface area contributed by atoms with Crippen molar-refractivity contribution in [2.24, 2.45) is 10.1 Å².